The van der Waals surface area contributed by atoms with Gasteiger partial charge in [0.1, 0.15) is 5.82 Å². The van der Waals surface area contributed by atoms with Gasteiger partial charge in [0.05, 0.1) is 11.6 Å². The second-order valence-electron chi connectivity index (χ2n) is 5.72. The predicted molar refractivity (Wildman–Crippen MR) is 94.0 cm³/mol. The van der Waals surface area contributed by atoms with Gasteiger partial charge in [-0.25, -0.2) is 4.39 Å². The van der Waals surface area contributed by atoms with Crippen LogP contribution in [0.5, 0.6) is 0 Å². The van der Waals surface area contributed by atoms with Crippen molar-refractivity contribution in [1.82, 2.24) is 10.2 Å². The summed E-state index contributed by atoms with van der Waals surface area (Å²) in [7, 11) is 3.91. The molecule has 2 rings (SSSR count). The zero-order chi connectivity index (χ0) is 17.0. The maximum absolute atomic E-state index is 13.8. The summed E-state index contributed by atoms with van der Waals surface area (Å²) in [5.74, 6) is -0.940. The monoisotopic (exact) mass is 378 g/mol. The van der Waals surface area contributed by atoms with Crippen LogP contribution in [0.1, 0.15) is 27.5 Å². The number of amides is 1. The average Bonchev–Trinajstić information content (AvgIpc) is 2.51. The summed E-state index contributed by atoms with van der Waals surface area (Å²) in [6.45, 7) is 2.44. The van der Waals surface area contributed by atoms with E-state index >= 15 is 0 Å². The van der Waals surface area contributed by atoms with E-state index in [0.717, 1.165) is 5.56 Å². The lowest BCUT2D eigenvalue weighted by Gasteiger charge is -2.25. The summed E-state index contributed by atoms with van der Waals surface area (Å²) in [4.78, 5) is 14.3. The Kier molecular flexibility index (Phi) is 5.91. The highest BCUT2D eigenvalue weighted by Gasteiger charge is 2.17. The molecule has 0 aliphatic heterocycles. The van der Waals surface area contributed by atoms with Crippen LogP contribution in [0.2, 0.25) is 0 Å². The molecule has 2 aromatic rings. The Morgan fingerprint density at radius 3 is 2.48 bits per heavy atom. The minimum Gasteiger partial charge on any atom is -0.350 e. The van der Waals surface area contributed by atoms with Gasteiger partial charge in [-0.1, -0.05) is 45.8 Å². The van der Waals surface area contributed by atoms with E-state index in [2.05, 4.69) is 21.2 Å². The molecule has 0 fully saturated rings. The van der Waals surface area contributed by atoms with Gasteiger partial charge in [0.25, 0.3) is 5.91 Å². The minimum absolute atomic E-state index is 0.0229. The van der Waals surface area contributed by atoms with Gasteiger partial charge < -0.3 is 10.2 Å². The van der Waals surface area contributed by atoms with Crippen LogP contribution in [-0.4, -0.2) is 31.4 Å². The fourth-order valence-corrected chi connectivity index (χ4v) is 2.70. The van der Waals surface area contributed by atoms with Crippen molar-refractivity contribution in [3.63, 3.8) is 0 Å². The van der Waals surface area contributed by atoms with Gasteiger partial charge in [-0.05, 0) is 44.8 Å². The Labute approximate surface area is 144 Å². The molecule has 0 aliphatic carbocycles. The number of likely N-dealkylation sites (N-methyl/N-ethyl adjacent to an activating group) is 1. The Balaban J connectivity index is 2.11. The van der Waals surface area contributed by atoms with E-state index in [1.54, 1.807) is 6.07 Å². The molecule has 0 saturated carbocycles. The predicted octanol–water partition coefficient (Wildman–Crippen LogP) is 3.93. The molecule has 0 aliphatic rings. The van der Waals surface area contributed by atoms with E-state index in [4.69, 9.17) is 0 Å². The molecular weight excluding hydrogens is 359 g/mol. The van der Waals surface area contributed by atoms with Crippen molar-refractivity contribution in [3.05, 3.63) is 69.4 Å². The summed E-state index contributed by atoms with van der Waals surface area (Å²) in [6, 6.07) is 12.5. The smallest absolute Gasteiger partial charge is 0.254 e. The molecule has 1 N–H and O–H groups in total. The van der Waals surface area contributed by atoms with Gasteiger partial charge in [-0.3, -0.25) is 4.79 Å². The zero-order valence-corrected chi connectivity index (χ0v) is 15.0. The third-order valence-corrected chi connectivity index (χ3v) is 4.21. The van der Waals surface area contributed by atoms with Crippen molar-refractivity contribution in [2.45, 2.75) is 13.0 Å². The fourth-order valence-electron chi connectivity index (χ4n) is 2.34. The molecule has 1 amide bonds. The first-order chi connectivity index (χ1) is 10.9. The van der Waals surface area contributed by atoms with Gasteiger partial charge in [-0.15, -0.1) is 0 Å². The molecule has 0 spiro atoms. The van der Waals surface area contributed by atoms with Gasteiger partial charge in [-0.2, -0.15) is 0 Å². The molecule has 23 heavy (non-hydrogen) atoms. The maximum atomic E-state index is 13.8. The second kappa shape index (κ2) is 7.70. The van der Waals surface area contributed by atoms with Crippen LogP contribution >= 0.6 is 15.9 Å². The van der Waals surface area contributed by atoms with E-state index in [-0.39, 0.29) is 11.6 Å². The molecule has 3 nitrogen and oxygen atoms in total. The molecule has 122 valence electrons. The third kappa shape index (κ3) is 4.62. The van der Waals surface area contributed by atoms with Gasteiger partial charge in [0, 0.05) is 11.0 Å². The second-order valence-corrected chi connectivity index (χ2v) is 6.64. The Morgan fingerprint density at radius 1 is 1.22 bits per heavy atom. The quantitative estimate of drug-likeness (QED) is 0.854. The lowest BCUT2D eigenvalue weighted by atomic mass is 10.0. The van der Waals surface area contributed by atoms with Crippen molar-refractivity contribution in [2.24, 2.45) is 0 Å². The van der Waals surface area contributed by atoms with Crippen LogP contribution in [0, 0.1) is 12.7 Å². The molecule has 1 atom stereocenters. The number of rotatable bonds is 5. The topological polar surface area (TPSA) is 32.3 Å². The summed E-state index contributed by atoms with van der Waals surface area (Å²) in [6.07, 6.45) is 0. The largest absolute Gasteiger partial charge is 0.350 e. The fraction of sp³-hybridized carbons (Fsp3) is 0.278. The molecule has 0 heterocycles. The lowest BCUT2D eigenvalue weighted by molar-refractivity contribution is 0.0938. The van der Waals surface area contributed by atoms with Crippen LogP contribution in [0.4, 0.5) is 4.39 Å². The lowest BCUT2D eigenvalue weighted by Crippen LogP contribution is -2.34. The van der Waals surface area contributed by atoms with Crippen LogP contribution in [0.25, 0.3) is 0 Å². The average molecular weight is 379 g/mol. The van der Waals surface area contributed by atoms with Crippen molar-refractivity contribution < 1.29 is 9.18 Å². The van der Waals surface area contributed by atoms with Gasteiger partial charge in [0.15, 0.2) is 0 Å². The number of nitrogens with zero attached hydrogens (tertiary/aromatic N) is 1. The molecule has 0 aromatic heterocycles. The van der Waals surface area contributed by atoms with Crippen LogP contribution < -0.4 is 5.32 Å². The summed E-state index contributed by atoms with van der Waals surface area (Å²) < 4.78 is 14.5. The number of hydrogen-bond donors (Lipinski definition) is 1. The van der Waals surface area contributed by atoms with Crippen molar-refractivity contribution >= 4 is 21.8 Å². The third-order valence-electron chi connectivity index (χ3n) is 3.71. The summed E-state index contributed by atoms with van der Waals surface area (Å²) >= 11 is 3.26. The van der Waals surface area contributed by atoms with Crippen LogP contribution in [0.15, 0.2) is 46.9 Å². The van der Waals surface area contributed by atoms with Crippen molar-refractivity contribution in [3.8, 4) is 0 Å². The Hall–Kier alpha value is -1.72. The number of benzene rings is 2. The summed E-state index contributed by atoms with van der Waals surface area (Å²) in [5.41, 5.74) is 2.34. The first kappa shape index (κ1) is 17.6. The number of carbonyl (C=O) groups excluding carboxylic acids is 1. The number of aryl methyl sites for hydroxylation is 1. The van der Waals surface area contributed by atoms with E-state index < -0.39 is 11.7 Å². The van der Waals surface area contributed by atoms with E-state index in [0.29, 0.717) is 11.0 Å². The molecule has 0 bridgehead atoms. The first-order valence-corrected chi connectivity index (χ1v) is 8.14. The molecule has 1 unspecified atom stereocenters. The van der Waals surface area contributed by atoms with Crippen molar-refractivity contribution in [1.29, 1.82) is 0 Å². The maximum Gasteiger partial charge on any atom is 0.254 e. The van der Waals surface area contributed by atoms with Gasteiger partial charge in [0.2, 0.25) is 0 Å². The Bertz CT molecular complexity index is 686. The normalized spacial score (nSPS) is 12.3. The van der Waals surface area contributed by atoms with E-state index in [9.17, 15) is 9.18 Å². The highest BCUT2D eigenvalue weighted by molar-refractivity contribution is 9.10. The molecule has 2 aromatic carbocycles. The van der Waals surface area contributed by atoms with E-state index in [1.165, 1.54) is 17.7 Å². The number of carbonyl (C=O) groups is 1. The highest BCUT2D eigenvalue weighted by atomic mass is 79.9. The molecule has 0 saturated heterocycles. The van der Waals surface area contributed by atoms with Crippen LogP contribution in [-0.2, 0) is 0 Å². The molecule has 5 heteroatoms. The summed E-state index contributed by atoms with van der Waals surface area (Å²) in [5, 5.41) is 2.82. The number of hydrogen-bond acceptors (Lipinski definition) is 2. The van der Waals surface area contributed by atoms with Crippen LogP contribution in [0.3, 0.4) is 0 Å². The standard InChI is InChI=1S/C18H20BrFN2O/c1-12-4-6-13(7-5-12)17(22(2)3)11-21-18(23)15-10-14(19)8-9-16(15)20/h4-10,17H,11H2,1-3H3,(H,21,23). The highest BCUT2D eigenvalue weighted by Crippen LogP contribution is 2.19. The molecular formula is C18H20BrFN2O. The van der Waals surface area contributed by atoms with Gasteiger partial charge >= 0.3 is 0 Å². The van der Waals surface area contributed by atoms with Crippen molar-refractivity contribution in [2.75, 3.05) is 20.6 Å². The SMILES string of the molecule is Cc1ccc(C(CNC(=O)c2cc(Br)ccc2F)N(C)C)cc1. The minimum atomic E-state index is -0.526. The zero-order valence-electron chi connectivity index (χ0n) is 13.4. The first-order valence-electron chi connectivity index (χ1n) is 7.34. The number of nitrogens with one attached hydrogen (secondary N) is 1. The van der Waals surface area contributed by atoms with E-state index in [1.807, 2.05) is 50.2 Å². The number of halogens is 2. The Morgan fingerprint density at radius 2 is 1.87 bits per heavy atom. The molecule has 0 radical (unpaired) electrons.